The second-order valence-electron chi connectivity index (χ2n) is 6.38. The summed E-state index contributed by atoms with van der Waals surface area (Å²) in [5.74, 6) is -0.802. The molecule has 0 spiro atoms. The zero-order valence-corrected chi connectivity index (χ0v) is 14.4. The van der Waals surface area contributed by atoms with Gasteiger partial charge >= 0.3 is 11.9 Å². The first kappa shape index (κ1) is 20.4. The van der Waals surface area contributed by atoms with Gasteiger partial charge in [-0.15, -0.1) is 0 Å². The summed E-state index contributed by atoms with van der Waals surface area (Å²) in [5, 5.41) is 9.51. The molecule has 0 aromatic rings. The first-order valence-electron chi connectivity index (χ1n) is 7.30. The molecule has 0 aromatic heterocycles. The average Bonchev–Trinajstić information content (AvgIpc) is 2.36. The second kappa shape index (κ2) is 8.74. The minimum Gasteiger partial charge on any atom is -0.466 e. The van der Waals surface area contributed by atoms with Gasteiger partial charge in [-0.2, -0.15) is 5.26 Å². The third kappa shape index (κ3) is 8.63. The fourth-order valence-corrected chi connectivity index (χ4v) is 2.44. The van der Waals surface area contributed by atoms with E-state index in [0.29, 0.717) is 19.3 Å². The van der Waals surface area contributed by atoms with E-state index in [1.54, 1.807) is 7.11 Å². The van der Waals surface area contributed by atoms with Crippen molar-refractivity contribution >= 4 is 11.9 Å². The summed E-state index contributed by atoms with van der Waals surface area (Å²) in [6.07, 6.45) is 0.744. The van der Waals surface area contributed by atoms with Crippen LogP contribution in [0.25, 0.3) is 0 Å². The third-order valence-electron chi connectivity index (χ3n) is 3.39. The number of ether oxygens (including phenoxy) is 3. The van der Waals surface area contributed by atoms with E-state index < -0.39 is 23.1 Å². The Bertz CT molecular complexity index is 427. The zero-order valence-electron chi connectivity index (χ0n) is 14.4. The van der Waals surface area contributed by atoms with Crippen LogP contribution in [0.4, 0.5) is 0 Å². The Morgan fingerprint density at radius 3 is 2.18 bits per heavy atom. The number of carbonyl (C=O) groups is 2. The van der Waals surface area contributed by atoms with Gasteiger partial charge in [0.1, 0.15) is 6.10 Å². The molecule has 0 aliphatic carbocycles. The standard InChI is InChI=1S/C16H27NO5/c1-12(18)21-8-7-14(22-13(2)19)9-16(5,11-17)10-15(3,4)20-6/h14H,7-10H2,1-6H3. The molecule has 0 aromatic carbocycles. The molecule has 126 valence electrons. The summed E-state index contributed by atoms with van der Waals surface area (Å²) in [6.45, 7) is 8.42. The van der Waals surface area contributed by atoms with Crippen molar-refractivity contribution < 1.29 is 23.8 Å². The number of hydrogen-bond acceptors (Lipinski definition) is 6. The van der Waals surface area contributed by atoms with Crippen molar-refractivity contribution in [1.82, 2.24) is 0 Å². The number of rotatable bonds is 9. The molecular weight excluding hydrogens is 286 g/mol. The van der Waals surface area contributed by atoms with Crippen LogP contribution in [0.1, 0.15) is 53.9 Å². The SMILES string of the molecule is COC(C)(C)CC(C)(C#N)CC(CCOC(C)=O)OC(C)=O. The van der Waals surface area contributed by atoms with Crippen LogP contribution in [0, 0.1) is 16.7 Å². The lowest BCUT2D eigenvalue weighted by Gasteiger charge is -2.34. The minimum atomic E-state index is -0.712. The van der Waals surface area contributed by atoms with Crippen molar-refractivity contribution in [2.24, 2.45) is 5.41 Å². The number of nitrogens with zero attached hydrogens (tertiary/aromatic N) is 1. The van der Waals surface area contributed by atoms with Crippen LogP contribution in [0.5, 0.6) is 0 Å². The molecule has 0 aliphatic rings. The first-order chi connectivity index (χ1) is 10.0. The van der Waals surface area contributed by atoms with Crippen LogP contribution >= 0.6 is 0 Å². The van der Waals surface area contributed by atoms with Gasteiger partial charge in [-0.3, -0.25) is 9.59 Å². The first-order valence-corrected chi connectivity index (χ1v) is 7.30. The minimum absolute atomic E-state index is 0.155. The van der Waals surface area contributed by atoms with Crippen molar-refractivity contribution in [2.75, 3.05) is 13.7 Å². The molecule has 0 bridgehead atoms. The maximum absolute atomic E-state index is 11.2. The van der Waals surface area contributed by atoms with Crippen LogP contribution in [-0.2, 0) is 23.8 Å². The van der Waals surface area contributed by atoms with E-state index in [-0.39, 0.29) is 12.6 Å². The predicted octanol–water partition coefficient (Wildman–Crippen LogP) is 2.61. The fourth-order valence-electron chi connectivity index (χ4n) is 2.44. The second-order valence-corrected chi connectivity index (χ2v) is 6.38. The lowest BCUT2D eigenvalue weighted by Crippen LogP contribution is -2.35. The molecule has 0 amide bonds. The van der Waals surface area contributed by atoms with Gasteiger partial charge in [0.2, 0.25) is 0 Å². The van der Waals surface area contributed by atoms with Crippen LogP contribution in [0.15, 0.2) is 0 Å². The van der Waals surface area contributed by atoms with Crippen LogP contribution in [0.3, 0.4) is 0 Å². The molecule has 2 unspecified atom stereocenters. The molecule has 0 rings (SSSR count). The van der Waals surface area contributed by atoms with Crippen LogP contribution in [0.2, 0.25) is 0 Å². The molecule has 0 radical (unpaired) electrons. The van der Waals surface area contributed by atoms with E-state index in [9.17, 15) is 14.9 Å². The van der Waals surface area contributed by atoms with Crippen molar-refractivity contribution in [3.05, 3.63) is 0 Å². The van der Waals surface area contributed by atoms with Gasteiger partial charge in [0, 0.05) is 33.8 Å². The van der Waals surface area contributed by atoms with E-state index in [1.807, 2.05) is 20.8 Å². The molecule has 6 heteroatoms. The van der Waals surface area contributed by atoms with E-state index in [0.717, 1.165) is 0 Å². The quantitative estimate of drug-likeness (QED) is 0.608. The maximum atomic E-state index is 11.2. The highest BCUT2D eigenvalue weighted by Crippen LogP contribution is 2.35. The summed E-state index contributed by atoms with van der Waals surface area (Å²) in [4.78, 5) is 22.0. The molecule has 2 atom stereocenters. The fraction of sp³-hybridized carbons (Fsp3) is 0.812. The molecule has 22 heavy (non-hydrogen) atoms. The van der Waals surface area contributed by atoms with Crippen LogP contribution in [-0.4, -0.2) is 37.4 Å². The van der Waals surface area contributed by atoms with E-state index in [1.165, 1.54) is 13.8 Å². The van der Waals surface area contributed by atoms with Crippen molar-refractivity contribution in [2.45, 2.75) is 65.6 Å². The third-order valence-corrected chi connectivity index (χ3v) is 3.39. The van der Waals surface area contributed by atoms with Gasteiger partial charge in [0.05, 0.1) is 23.7 Å². The van der Waals surface area contributed by atoms with Gasteiger partial charge in [0.15, 0.2) is 0 Å². The largest absolute Gasteiger partial charge is 0.466 e. The monoisotopic (exact) mass is 313 g/mol. The van der Waals surface area contributed by atoms with Gasteiger partial charge in [-0.1, -0.05) is 0 Å². The Kier molecular flexibility index (Phi) is 8.10. The Balaban J connectivity index is 4.87. The highest BCUT2D eigenvalue weighted by Gasteiger charge is 2.36. The van der Waals surface area contributed by atoms with Crippen molar-refractivity contribution in [3.8, 4) is 6.07 Å². The maximum Gasteiger partial charge on any atom is 0.302 e. The number of hydrogen-bond donors (Lipinski definition) is 0. The van der Waals surface area contributed by atoms with Gasteiger partial charge in [-0.25, -0.2) is 0 Å². The lowest BCUT2D eigenvalue weighted by molar-refractivity contribution is -0.150. The predicted molar refractivity (Wildman–Crippen MR) is 80.8 cm³/mol. The molecular formula is C16H27NO5. The molecule has 0 heterocycles. The number of esters is 2. The van der Waals surface area contributed by atoms with Crippen LogP contribution < -0.4 is 0 Å². The average molecular weight is 313 g/mol. The normalized spacial score (nSPS) is 15.3. The Morgan fingerprint density at radius 2 is 1.77 bits per heavy atom. The molecule has 0 saturated carbocycles. The van der Waals surface area contributed by atoms with E-state index in [2.05, 4.69) is 6.07 Å². The number of carbonyl (C=O) groups excluding carboxylic acids is 2. The number of nitriles is 1. The molecule has 0 saturated heterocycles. The summed E-state index contributed by atoms with van der Waals surface area (Å²) >= 11 is 0. The summed E-state index contributed by atoms with van der Waals surface area (Å²) < 4.78 is 15.5. The molecule has 0 aliphatic heterocycles. The Hall–Kier alpha value is -1.61. The lowest BCUT2D eigenvalue weighted by atomic mass is 9.76. The smallest absolute Gasteiger partial charge is 0.302 e. The zero-order chi connectivity index (χ0) is 17.4. The molecule has 0 fully saturated rings. The van der Waals surface area contributed by atoms with Gasteiger partial charge < -0.3 is 14.2 Å². The summed E-state index contributed by atoms with van der Waals surface area (Å²) in [6, 6.07) is 2.29. The van der Waals surface area contributed by atoms with Gasteiger partial charge in [0.25, 0.3) is 0 Å². The Labute approximate surface area is 132 Å². The Morgan fingerprint density at radius 1 is 1.18 bits per heavy atom. The topological polar surface area (TPSA) is 85.6 Å². The van der Waals surface area contributed by atoms with Gasteiger partial charge in [-0.05, 0) is 27.2 Å². The highest BCUT2D eigenvalue weighted by atomic mass is 16.6. The van der Waals surface area contributed by atoms with Crippen molar-refractivity contribution in [3.63, 3.8) is 0 Å². The summed E-state index contributed by atoms with van der Waals surface area (Å²) in [5.41, 5.74) is -1.17. The highest BCUT2D eigenvalue weighted by molar-refractivity contribution is 5.66. The number of methoxy groups -OCH3 is 1. The van der Waals surface area contributed by atoms with E-state index >= 15 is 0 Å². The summed E-state index contributed by atoms with van der Waals surface area (Å²) in [7, 11) is 1.60. The van der Waals surface area contributed by atoms with E-state index in [4.69, 9.17) is 14.2 Å². The van der Waals surface area contributed by atoms with Crippen molar-refractivity contribution in [1.29, 1.82) is 5.26 Å². The molecule has 6 nitrogen and oxygen atoms in total. The molecule has 0 N–H and O–H groups in total.